The monoisotopic (exact) mass is 198 g/mol. The van der Waals surface area contributed by atoms with E-state index < -0.39 is 0 Å². The Morgan fingerprint density at radius 2 is 2.00 bits per heavy atom. The third-order valence-electron chi connectivity index (χ3n) is 2.33. The summed E-state index contributed by atoms with van der Waals surface area (Å²) in [6, 6.07) is 8.41. The summed E-state index contributed by atoms with van der Waals surface area (Å²) < 4.78 is 0. The normalized spacial score (nSPS) is 11.2. The molecule has 0 saturated carbocycles. The van der Waals surface area contributed by atoms with E-state index in [4.69, 9.17) is 0 Å². The molecule has 1 rings (SSSR count). The van der Waals surface area contributed by atoms with Crippen LogP contribution in [0.2, 0.25) is 0 Å². The minimum absolute atomic E-state index is 1.03. The number of rotatable bonds is 4. The van der Waals surface area contributed by atoms with Crippen LogP contribution in [-0.4, -0.2) is 0 Å². The number of hydrogen-bond acceptors (Lipinski definition) is 0. The van der Waals surface area contributed by atoms with E-state index in [-0.39, 0.29) is 0 Å². The molecule has 0 aliphatic carbocycles. The lowest BCUT2D eigenvalue weighted by molar-refractivity contribution is 1.23. The zero-order chi connectivity index (χ0) is 11.3. The molecule has 0 N–H and O–H groups in total. The third kappa shape index (κ3) is 2.95. The van der Waals surface area contributed by atoms with Crippen LogP contribution in [0.4, 0.5) is 0 Å². The minimum atomic E-state index is 1.03. The van der Waals surface area contributed by atoms with Gasteiger partial charge in [-0.15, -0.1) is 0 Å². The van der Waals surface area contributed by atoms with Gasteiger partial charge in [-0.1, -0.05) is 56.0 Å². The van der Waals surface area contributed by atoms with Crippen LogP contribution in [0.25, 0.3) is 11.1 Å². The van der Waals surface area contributed by atoms with Gasteiger partial charge in [-0.2, -0.15) is 0 Å². The van der Waals surface area contributed by atoms with Crippen molar-refractivity contribution >= 4 is 11.1 Å². The van der Waals surface area contributed by atoms with Crippen molar-refractivity contribution < 1.29 is 0 Å². The van der Waals surface area contributed by atoms with Crippen molar-refractivity contribution in [1.29, 1.82) is 0 Å². The van der Waals surface area contributed by atoms with Crippen molar-refractivity contribution in [3.63, 3.8) is 0 Å². The van der Waals surface area contributed by atoms with Crippen LogP contribution < -0.4 is 0 Å². The van der Waals surface area contributed by atoms with E-state index in [0.717, 1.165) is 12.0 Å². The van der Waals surface area contributed by atoms with Gasteiger partial charge in [0.2, 0.25) is 0 Å². The zero-order valence-corrected chi connectivity index (χ0v) is 9.59. The molecule has 0 heteroatoms. The molecule has 0 atom stereocenters. The van der Waals surface area contributed by atoms with E-state index in [1.54, 1.807) is 0 Å². The standard InChI is InChI=1S/C15H18/c1-5-8-13(6-2)15-10-7-9-14(11-15)12(3)4/h6-11H,2-3,5H2,1,4H3/b13-8+. The number of hydrogen-bond donors (Lipinski definition) is 0. The molecule has 0 fully saturated rings. The minimum Gasteiger partial charge on any atom is -0.0985 e. The summed E-state index contributed by atoms with van der Waals surface area (Å²) in [4.78, 5) is 0. The van der Waals surface area contributed by atoms with Crippen LogP contribution in [0.5, 0.6) is 0 Å². The van der Waals surface area contributed by atoms with Gasteiger partial charge in [0.05, 0.1) is 0 Å². The first-order chi connectivity index (χ1) is 7.19. The lowest BCUT2D eigenvalue weighted by Crippen LogP contribution is -1.84. The molecule has 0 aliphatic heterocycles. The molecular weight excluding hydrogens is 180 g/mol. The Morgan fingerprint density at radius 3 is 2.53 bits per heavy atom. The van der Waals surface area contributed by atoms with Crippen molar-refractivity contribution in [3.05, 3.63) is 60.7 Å². The molecule has 0 aliphatic rings. The molecule has 0 heterocycles. The molecule has 1 aromatic carbocycles. The van der Waals surface area contributed by atoms with Crippen LogP contribution >= 0.6 is 0 Å². The Balaban J connectivity index is 3.14. The maximum Gasteiger partial charge on any atom is -0.0181 e. The molecule has 0 saturated heterocycles. The van der Waals surface area contributed by atoms with Crippen LogP contribution in [0.1, 0.15) is 31.4 Å². The van der Waals surface area contributed by atoms with Gasteiger partial charge in [-0.25, -0.2) is 0 Å². The van der Waals surface area contributed by atoms with E-state index in [1.807, 2.05) is 13.0 Å². The highest BCUT2D eigenvalue weighted by molar-refractivity contribution is 5.76. The molecule has 0 nitrogen and oxygen atoms in total. The van der Waals surface area contributed by atoms with Crippen LogP contribution in [0.15, 0.2) is 49.6 Å². The summed E-state index contributed by atoms with van der Waals surface area (Å²) in [5, 5.41) is 0. The Morgan fingerprint density at radius 1 is 1.33 bits per heavy atom. The number of allylic oxidation sites excluding steroid dienone is 4. The van der Waals surface area contributed by atoms with E-state index in [2.05, 4.69) is 50.4 Å². The Bertz CT molecular complexity index is 394. The molecule has 15 heavy (non-hydrogen) atoms. The van der Waals surface area contributed by atoms with Gasteiger partial charge in [0, 0.05) is 0 Å². The van der Waals surface area contributed by atoms with Crippen molar-refractivity contribution in [2.24, 2.45) is 0 Å². The molecule has 0 aromatic heterocycles. The second-order valence-electron chi connectivity index (χ2n) is 3.63. The average molecular weight is 198 g/mol. The fourth-order valence-corrected chi connectivity index (χ4v) is 1.50. The average Bonchev–Trinajstić information content (AvgIpc) is 2.26. The predicted molar refractivity (Wildman–Crippen MR) is 69.6 cm³/mol. The van der Waals surface area contributed by atoms with E-state index in [9.17, 15) is 0 Å². The van der Waals surface area contributed by atoms with Gasteiger partial charge in [0.15, 0.2) is 0 Å². The van der Waals surface area contributed by atoms with Crippen molar-refractivity contribution in [1.82, 2.24) is 0 Å². The predicted octanol–water partition coefficient (Wildman–Crippen LogP) is 4.70. The Labute approximate surface area is 92.6 Å². The van der Waals surface area contributed by atoms with Gasteiger partial charge in [0.25, 0.3) is 0 Å². The van der Waals surface area contributed by atoms with Gasteiger partial charge < -0.3 is 0 Å². The molecule has 0 spiro atoms. The summed E-state index contributed by atoms with van der Waals surface area (Å²) in [6.07, 6.45) is 5.12. The first-order valence-corrected chi connectivity index (χ1v) is 5.28. The quantitative estimate of drug-likeness (QED) is 0.615. The summed E-state index contributed by atoms with van der Waals surface area (Å²) in [5.41, 5.74) is 4.70. The maximum absolute atomic E-state index is 3.95. The highest BCUT2D eigenvalue weighted by Crippen LogP contribution is 2.20. The smallest absolute Gasteiger partial charge is 0.0181 e. The fraction of sp³-hybridized carbons (Fsp3) is 0.200. The molecule has 0 amide bonds. The van der Waals surface area contributed by atoms with Crippen LogP contribution in [0, 0.1) is 0 Å². The highest BCUT2D eigenvalue weighted by Gasteiger charge is 1.99. The largest absolute Gasteiger partial charge is 0.0985 e. The second kappa shape index (κ2) is 5.35. The summed E-state index contributed by atoms with van der Waals surface area (Å²) >= 11 is 0. The fourth-order valence-electron chi connectivity index (χ4n) is 1.50. The van der Waals surface area contributed by atoms with Gasteiger partial charge in [-0.05, 0) is 36.1 Å². The SMILES string of the molecule is C=C/C(=C\CC)c1cccc(C(=C)C)c1. The summed E-state index contributed by atoms with van der Waals surface area (Å²) in [5.74, 6) is 0. The lowest BCUT2D eigenvalue weighted by atomic mass is 10.00. The van der Waals surface area contributed by atoms with Gasteiger partial charge >= 0.3 is 0 Å². The lowest BCUT2D eigenvalue weighted by Gasteiger charge is -2.05. The molecule has 1 aromatic rings. The summed E-state index contributed by atoms with van der Waals surface area (Å²) in [6.45, 7) is 11.9. The van der Waals surface area contributed by atoms with E-state index in [1.165, 1.54) is 16.7 Å². The van der Waals surface area contributed by atoms with Crippen LogP contribution in [0.3, 0.4) is 0 Å². The molecule has 0 radical (unpaired) electrons. The topological polar surface area (TPSA) is 0 Å². The van der Waals surface area contributed by atoms with Crippen molar-refractivity contribution in [2.45, 2.75) is 20.3 Å². The first-order valence-electron chi connectivity index (χ1n) is 5.28. The maximum atomic E-state index is 3.95. The van der Waals surface area contributed by atoms with Crippen molar-refractivity contribution in [2.75, 3.05) is 0 Å². The second-order valence-corrected chi connectivity index (χ2v) is 3.63. The molecule has 0 unspecified atom stereocenters. The first kappa shape index (κ1) is 11.5. The molecule has 0 bridgehead atoms. The Hall–Kier alpha value is -1.56. The summed E-state index contributed by atoms with van der Waals surface area (Å²) in [7, 11) is 0. The molecule has 78 valence electrons. The highest BCUT2D eigenvalue weighted by atomic mass is 14.0. The van der Waals surface area contributed by atoms with Crippen molar-refractivity contribution in [3.8, 4) is 0 Å². The Kier molecular flexibility index (Phi) is 4.11. The molecular formula is C15H18. The van der Waals surface area contributed by atoms with Gasteiger partial charge in [0.1, 0.15) is 0 Å². The third-order valence-corrected chi connectivity index (χ3v) is 2.33. The van der Waals surface area contributed by atoms with E-state index in [0.29, 0.717) is 0 Å². The van der Waals surface area contributed by atoms with E-state index >= 15 is 0 Å². The zero-order valence-electron chi connectivity index (χ0n) is 9.59. The van der Waals surface area contributed by atoms with Gasteiger partial charge in [-0.3, -0.25) is 0 Å². The van der Waals surface area contributed by atoms with Crippen LogP contribution in [-0.2, 0) is 0 Å². The number of benzene rings is 1.